The van der Waals surface area contributed by atoms with Crippen LogP contribution in [0.5, 0.6) is 11.5 Å². The summed E-state index contributed by atoms with van der Waals surface area (Å²) >= 11 is 0. The number of ketones is 2. The number of fused-ring (bicyclic) bond motifs is 5. The Kier molecular flexibility index (Phi) is 15.4. The minimum atomic E-state index is -2.28. The summed E-state index contributed by atoms with van der Waals surface area (Å²) in [5, 5.41) is 40.4. The predicted molar refractivity (Wildman–Crippen MR) is 213 cm³/mol. The zero-order valence-corrected chi connectivity index (χ0v) is 36.0. The fourth-order valence-corrected chi connectivity index (χ4v) is 10.3. The van der Waals surface area contributed by atoms with Crippen LogP contribution in [0, 0.1) is 58.9 Å². The van der Waals surface area contributed by atoms with Crippen LogP contribution < -0.4 is 9.47 Å². The fourth-order valence-electron chi connectivity index (χ4n) is 10.3. The quantitative estimate of drug-likeness (QED) is 0.0311. The number of carbonyl (C=O) groups is 5. The summed E-state index contributed by atoms with van der Waals surface area (Å²) in [6, 6.07) is 3.59. The first kappa shape index (κ1) is 49.6. The summed E-state index contributed by atoms with van der Waals surface area (Å²) in [7, 11) is 1.20. The van der Waals surface area contributed by atoms with E-state index < -0.39 is 117 Å². The van der Waals surface area contributed by atoms with E-state index >= 15 is 4.39 Å². The first-order valence-corrected chi connectivity index (χ1v) is 20.7. The molecule has 65 heavy (non-hydrogen) atoms. The molecule has 4 aliphatic rings. The molecule has 0 bridgehead atoms. The highest BCUT2D eigenvalue weighted by atomic mass is 19.1. The average molecular weight is 924 g/mol. The number of benzene rings is 1. The first-order valence-electron chi connectivity index (χ1n) is 20.7. The molecule has 0 aliphatic heterocycles. The minimum Gasteiger partial charge on any atom is -0.493 e. The molecular weight excluding hydrogens is 873 g/mol. The Morgan fingerprint density at radius 2 is 1.68 bits per heavy atom. The van der Waals surface area contributed by atoms with Crippen LogP contribution in [-0.4, -0.2) is 107 Å². The van der Waals surface area contributed by atoms with Gasteiger partial charge in [-0.15, -0.1) is 30.3 Å². The second kappa shape index (κ2) is 20.2. The van der Waals surface area contributed by atoms with Gasteiger partial charge < -0.3 is 43.3 Å². The number of halogens is 1. The number of Topliss-reactive ketones (excluding diaryl/α,β-unsaturated/α-hetero) is 1. The Hall–Kier alpha value is -6.46. The lowest BCUT2D eigenvalue weighted by molar-refractivity contribution is -0.790. The van der Waals surface area contributed by atoms with Crippen LogP contribution in [0.25, 0.3) is 0 Å². The predicted octanol–water partition coefficient (Wildman–Crippen LogP) is 4.78. The molecule has 0 saturated heterocycles. The number of aliphatic hydroxyl groups is 1. The molecule has 23 nitrogen and oxygen atoms in total. The van der Waals surface area contributed by atoms with Gasteiger partial charge in [-0.3, -0.25) is 14.4 Å². The highest BCUT2D eigenvalue weighted by Crippen LogP contribution is 2.71. The zero-order valence-electron chi connectivity index (χ0n) is 36.0. The van der Waals surface area contributed by atoms with Gasteiger partial charge in [-0.1, -0.05) is 31.6 Å². The van der Waals surface area contributed by atoms with E-state index in [0.29, 0.717) is 5.57 Å². The van der Waals surface area contributed by atoms with Gasteiger partial charge in [-0.05, 0) is 82.1 Å². The third-order valence-electron chi connectivity index (χ3n) is 13.2. The number of hydrogen-bond acceptors (Lipinski definition) is 20. The van der Waals surface area contributed by atoms with Crippen molar-refractivity contribution in [1.82, 2.24) is 0 Å². The molecule has 2 fully saturated rings. The summed E-state index contributed by atoms with van der Waals surface area (Å²) < 4.78 is 45.0. The number of hydrogen-bond donors (Lipinski definition) is 1. The number of esters is 2. The Balaban J connectivity index is 1.28. The minimum absolute atomic E-state index is 0.0159. The molecule has 1 aromatic carbocycles. The number of aliphatic hydroxyl groups excluding tert-OH is 1. The van der Waals surface area contributed by atoms with Crippen LogP contribution >= 0.6 is 0 Å². The smallest absolute Gasteiger partial charge is 0.493 e. The van der Waals surface area contributed by atoms with Crippen molar-refractivity contribution >= 4 is 29.7 Å². The van der Waals surface area contributed by atoms with E-state index in [9.17, 15) is 59.4 Å². The van der Waals surface area contributed by atoms with Gasteiger partial charge in [-0.2, -0.15) is 0 Å². The van der Waals surface area contributed by atoms with Crippen molar-refractivity contribution in [2.24, 2.45) is 28.6 Å². The lowest BCUT2D eigenvalue weighted by atomic mass is 9.45. The van der Waals surface area contributed by atoms with Gasteiger partial charge >= 0.3 is 18.1 Å². The standard InChI is InChI=1S/C41H50FN3O20/c1-24-18-30-29-12-11-26-20-27(46)14-15-38(26,2)40(29,42)33(47)21-39(30,3)41(24,64-35(49)9-7-17-61-43(52)53)34(48)23-60-37(51)63-31-13-10-25(19-32(31)58-4)36(50)59-16-6-5-8-28(65-45(56)57)22-62-44(54)55/h10-11,13-15,19,24,28-30,33,47H,5-9,12,16-18,20-23H2,1-4H3/t24-,28?,29?,30?,33+,38+,39+,40+,41+/m1/s1. The highest BCUT2D eigenvalue weighted by Gasteiger charge is 2.77. The number of nitrogens with zero attached hydrogens (tertiary/aromatic N) is 3. The zero-order chi connectivity index (χ0) is 47.9. The average Bonchev–Trinajstić information content (AvgIpc) is 3.45. The van der Waals surface area contributed by atoms with Crippen LogP contribution in [0.15, 0.2) is 42.0 Å². The van der Waals surface area contributed by atoms with Crippen LogP contribution in [-0.2, 0) is 43.1 Å². The van der Waals surface area contributed by atoms with E-state index in [-0.39, 0.29) is 80.8 Å². The molecule has 1 aromatic rings. The van der Waals surface area contributed by atoms with Crippen molar-refractivity contribution in [2.45, 2.75) is 102 Å². The van der Waals surface area contributed by atoms with Gasteiger partial charge in [0.25, 0.3) is 15.3 Å². The van der Waals surface area contributed by atoms with E-state index in [2.05, 4.69) is 14.5 Å². The third-order valence-corrected chi connectivity index (χ3v) is 13.2. The Morgan fingerprint density at radius 1 is 0.954 bits per heavy atom. The first-order chi connectivity index (χ1) is 30.6. The lowest BCUT2D eigenvalue weighted by Gasteiger charge is -2.62. The van der Waals surface area contributed by atoms with Crippen molar-refractivity contribution in [3.05, 3.63) is 77.9 Å². The fraction of sp³-hybridized carbons (Fsp3) is 0.634. The summed E-state index contributed by atoms with van der Waals surface area (Å²) in [5.41, 5.74) is -6.70. The molecule has 3 unspecified atom stereocenters. The van der Waals surface area contributed by atoms with Crippen LogP contribution in [0.4, 0.5) is 9.18 Å². The monoisotopic (exact) mass is 923 g/mol. The second-order valence-corrected chi connectivity index (χ2v) is 16.8. The van der Waals surface area contributed by atoms with E-state index in [0.717, 1.165) is 0 Å². The van der Waals surface area contributed by atoms with Crippen molar-refractivity contribution in [3.63, 3.8) is 0 Å². The number of allylic oxidation sites excluding steroid dienone is 4. The van der Waals surface area contributed by atoms with Crippen molar-refractivity contribution < 1.29 is 86.9 Å². The maximum atomic E-state index is 17.9. The Labute approximate surface area is 369 Å². The molecule has 4 aliphatic carbocycles. The molecule has 9 atom stereocenters. The summed E-state index contributed by atoms with van der Waals surface area (Å²) in [6.07, 6.45) is -0.126. The van der Waals surface area contributed by atoms with E-state index in [1.807, 2.05) is 0 Å². The Morgan fingerprint density at radius 3 is 2.35 bits per heavy atom. The van der Waals surface area contributed by atoms with Gasteiger partial charge in [0.05, 0.1) is 32.0 Å². The maximum absolute atomic E-state index is 17.9. The molecule has 24 heteroatoms. The third kappa shape index (κ3) is 10.1. The van der Waals surface area contributed by atoms with E-state index in [1.165, 1.54) is 37.5 Å². The molecule has 0 radical (unpaired) electrons. The van der Waals surface area contributed by atoms with Gasteiger partial charge in [0.2, 0.25) is 5.78 Å². The SMILES string of the molecule is COc1cc(C(=O)OCCCCC(CO[N+](=O)[O-])O[N+](=O)[O-])ccc1OC(=O)OCC(=O)[C@@]1(OC(=O)CCCO[N+](=O)[O-])[C@H](C)CC2C3CC=C4CC(=O)C=C[C@]4(C)[C@@]3(F)[C@@H](O)C[C@@]21C. The van der Waals surface area contributed by atoms with Crippen molar-refractivity contribution in [1.29, 1.82) is 0 Å². The molecule has 0 heterocycles. The van der Waals surface area contributed by atoms with Crippen molar-refractivity contribution in [3.8, 4) is 11.5 Å². The van der Waals surface area contributed by atoms with Crippen LogP contribution in [0.3, 0.4) is 0 Å². The molecule has 1 N–H and O–H groups in total. The molecule has 0 amide bonds. The molecule has 2 saturated carbocycles. The lowest BCUT2D eigenvalue weighted by Crippen LogP contribution is -2.69. The normalized spacial score (nSPS) is 29.0. The summed E-state index contributed by atoms with van der Waals surface area (Å²) in [4.78, 5) is 111. The largest absolute Gasteiger partial charge is 0.514 e. The number of carbonyl (C=O) groups excluding carboxylic acids is 5. The summed E-state index contributed by atoms with van der Waals surface area (Å²) in [5.74, 6) is -5.70. The number of alkyl halides is 1. The number of methoxy groups -OCH3 is 1. The maximum Gasteiger partial charge on any atom is 0.514 e. The summed E-state index contributed by atoms with van der Waals surface area (Å²) in [6.45, 7) is 2.56. The topological polar surface area (TPSA) is 309 Å². The number of rotatable bonds is 22. The van der Waals surface area contributed by atoms with Crippen LogP contribution in [0.1, 0.15) is 88.9 Å². The van der Waals surface area contributed by atoms with Gasteiger partial charge in [0, 0.05) is 35.5 Å². The molecular formula is C41H50FN3O20. The van der Waals surface area contributed by atoms with Gasteiger partial charge in [0.1, 0.15) is 12.7 Å². The van der Waals surface area contributed by atoms with Crippen molar-refractivity contribution in [2.75, 3.05) is 33.5 Å². The Bertz CT molecular complexity index is 2120. The van der Waals surface area contributed by atoms with E-state index in [4.69, 9.17) is 23.7 Å². The molecule has 0 aromatic heterocycles. The molecule has 5 rings (SSSR count). The molecule has 0 spiro atoms. The highest BCUT2D eigenvalue weighted by molar-refractivity contribution is 5.95. The number of ether oxygens (including phenoxy) is 5. The van der Waals surface area contributed by atoms with Gasteiger partial charge in [-0.25, -0.2) is 14.0 Å². The molecule has 356 valence electrons. The van der Waals surface area contributed by atoms with E-state index in [1.54, 1.807) is 26.8 Å². The number of unbranched alkanes of at least 4 members (excludes halogenated alkanes) is 1. The van der Waals surface area contributed by atoms with Crippen LogP contribution in [0.2, 0.25) is 0 Å². The second-order valence-electron chi connectivity index (χ2n) is 16.8. The van der Waals surface area contributed by atoms with Gasteiger partial charge in [0.15, 0.2) is 35.2 Å².